The van der Waals surface area contributed by atoms with Crippen LogP contribution in [0, 0.1) is 5.82 Å². The summed E-state index contributed by atoms with van der Waals surface area (Å²) in [6.45, 7) is 2.02. The van der Waals surface area contributed by atoms with Gasteiger partial charge in [0.2, 0.25) is 0 Å². The Morgan fingerprint density at radius 1 is 1.33 bits per heavy atom. The maximum atomic E-state index is 13.2. The summed E-state index contributed by atoms with van der Waals surface area (Å²) in [7, 11) is 4.55. The van der Waals surface area contributed by atoms with Crippen LogP contribution in [0.4, 0.5) is 10.1 Å². The largest absolute Gasteiger partial charge is 0.375 e. The lowest BCUT2D eigenvalue weighted by molar-refractivity contribution is 0.627. The van der Waals surface area contributed by atoms with Crippen molar-refractivity contribution in [3.8, 4) is 0 Å². The van der Waals surface area contributed by atoms with Gasteiger partial charge in [-0.05, 0) is 12.1 Å². The number of benzene rings is 1. The topological polar surface area (TPSA) is 3.24 Å². The van der Waals surface area contributed by atoms with Crippen molar-refractivity contribution < 1.29 is 4.39 Å². The molecule has 0 atom stereocenters. The summed E-state index contributed by atoms with van der Waals surface area (Å²) >= 11 is 0. The smallest absolute Gasteiger partial charge is 0.154 e. The first-order chi connectivity index (χ1) is 5.65. The summed E-state index contributed by atoms with van der Waals surface area (Å²) in [4.78, 5) is 1.77. The SMILES string of the molecule is CBc1ccc(N(C)C)c(F)c1. The van der Waals surface area contributed by atoms with Crippen LogP contribution in [0.15, 0.2) is 18.2 Å². The molecule has 0 unspecified atom stereocenters. The molecule has 1 aromatic carbocycles. The zero-order chi connectivity index (χ0) is 9.14. The summed E-state index contributed by atoms with van der Waals surface area (Å²) < 4.78 is 13.2. The van der Waals surface area contributed by atoms with Gasteiger partial charge in [0.25, 0.3) is 0 Å². The normalized spacial score (nSPS) is 9.67. The highest BCUT2D eigenvalue weighted by Gasteiger charge is 2.03. The molecule has 0 N–H and O–H groups in total. The maximum Gasteiger partial charge on any atom is 0.154 e. The average molecular weight is 165 g/mol. The van der Waals surface area contributed by atoms with Crippen LogP contribution in [0.3, 0.4) is 0 Å². The quantitative estimate of drug-likeness (QED) is 0.591. The summed E-state index contributed by atoms with van der Waals surface area (Å²) in [5, 5.41) is 0. The van der Waals surface area contributed by atoms with E-state index >= 15 is 0 Å². The molecule has 1 aromatic rings. The minimum absolute atomic E-state index is 0.139. The Morgan fingerprint density at radius 2 is 2.00 bits per heavy atom. The van der Waals surface area contributed by atoms with Gasteiger partial charge in [-0.3, -0.25) is 0 Å². The first-order valence-corrected chi connectivity index (χ1v) is 4.11. The van der Waals surface area contributed by atoms with Crippen molar-refractivity contribution in [2.24, 2.45) is 0 Å². The van der Waals surface area contributed by atoms with E-state index in [1.165, 1.54) is 0 Å². The zero-order valence-corrected chi connectivity index (χ0v) is 7.76. The molecule has 0 saturated carbocycles. The standard InChI is InChI=1S/C9H13BFN/c1-10-7-4-5-9(12(2)3)8(11)6-7/h4-6,10H,1-3H3. The van der Waals surface area contributed by atoms with Crippen molar-refractivity contribution in [2.45, 2.75) is 6.82 Å². The van der Waals surface area contributed by atoms with Crippen molar-refractivity contribution in [3.05, 3.63) is 24.0 Å². The molecule has 0 aliphatic carbocycles. The summed E-state index contributed by atoms with van der Waals surface area (Å²) in [5.74, 6) is -0.139. The molecular formula is C9H13BFN. The van der Waals surface area contributed by atoms with Crippen molar-refractivity contribution in [2.75, 3.05) is 19.0 Å². The second-order valence-corrected chi connectivity index (χ2v) is 3.03. The van der Waals surface area contributed by atoms with E-state index in [1.54, 1.807) is 11.0 Å². The van der Waals surface area contributed by atoms with E-state index < -0.39 is 0 Å². The Morgan fingerprint density at radius 3 is 2.42 bits per heavy atom. The fourth-order valence-corrected chi connectivity index (χ4v) is 1.13. The molecule has 0 aliphatic heterocycles. The lowest BCUT2D eigenvalue weighted by atomic mass is 9.73. The van der Waals surface area contributed by atoms with Gasteiger partial charge in [0.15, 0.2) is 7.28 Å². The van der Waals surface area contributed by atoms with E-state index in [0.29, 0.717) is 5.69 Å². The highest BCUT2D eigenvalue weighted by atomic mass is 19.1. The van der Waals surface area contributed by atoms with Crippen molar-refractivity contribution >= 4 is 18.4 Å². The molecule has 0 radical (unpaired) electrons. The van der Waals surface area contributed by atoms with E-state index in [4.69, 9.17) is 0 Å². The minimum atomic E-state index is -0.139. The number of anilines is 1. The van der Waals surface area contributed by atoms with Crippen LogP contribution in [0.1, 0.15) is 0 Å². The van der Waals surface area contributed by atoms with Gasteiger partial charge in [-0.25, -0.2) is 4.39 Å². The molecule has 1 rings (SSSR count). The van der Waals surface area contributed by atoms with Crippen LogP contribution in [-0.2, 0) is 0 Å². The lowest BCUT2D eigenvalue weighted by Crippen LogP contribution is -2.15. The summed E-state index contributed by atoms with van der Waals surface area (Å²) in [6.07, 6.45) is 0. The van der Waals surface area contributed by atoms with Gasteiger partial charge in [-0.2, -0.15) is 0 Å². The zero-order valence-electron chi connectivity index (χ0n) is 7.76. The van der Waals surface area contributed by atoms with E-state index in [2.05, 4.69) is 0 Å². The average Bonchev–Trinajstić information content (AvgIpc) is 2.03. The number of halogens is 1. The summed E-state index contributed by atoms with van der Waals surface area (Å²) in [6, 6.07) is 5.36. The Labute approximate surface area is 73.4 Å². The molecule has 0 aromatic heterocycles. The van der Waals surface area contributed by atoms with Crippen LogP contribution in [0.25, 0.3) is 0 Å². The predicted octanol–water partition coefficient (Wildman–Crippen LogP) is 1.00. The molecule has 12 heavy (non-hydrogen) atoms. The third-order valence-corrected chi connectivity index (χ3v) is 1.90. The lowest BCUT2D eigenvalue weighted by Gasteiger charge is -2.13. The van der Waals surface area contributed by atoms with Gasteiger partial charge in [-0.1, -0.05) is 18.4 Å². The van der Waals surface area contributed by atoms with Gasteiger partial charge >= 0.3 is 0 Å². The molecule has 0 amide bonds. The van der Waals surface area contributed by atoms with Gasteiger partial charge in [0.1, 0.15) is 5.82 Å². The molecule has 1 nitrogen and oxygen atoms in total. The van der Waals surface area contributed by atoms with Crippen molar-refractivity contribution in [3.63, 3.8) is 0 Å². The van der Waals surface area contributed by atoms with Gasteiger partial charge in [-0.15, -0.1) is 0 Å². The first-order valence-electron chi connectivity index (χ1n) is 4.11. The van der Waals surface area contributed by atoms with Crippen LogP contribution in [-0.4, -0.2) is 21.4 Å². The van der Waals surface area contributed by atoms with Crippen LogP contribution in [0.5, 0.6) is 0 Å². The fourth-order valence-electron chi connectivity index (χ4n) is 1.13. The molecule has 0 aliphatic rings. The second-order valence-electron chi connectivity index (χ2n) is 3.03. The van der Waals surface area contributed by atoms with Crippen LogP contribution >= 0.6 is 0 Å². The molecule has 0 fully saturated rings. The molecule has 0 saturated heterocycles. The summed E-state index contributed by atoms with van der Waals surface area (Å²) in [5.41, 5.74) is 1.69. The number of rotatable bonds is 2. The predicted molar refractivity (Wildman–Crippen MR) is 53.4 cm³/mol. The highest BCUT2D eigenvalue weighted by Crippen LogP contribution is 2.13. The van der Waals surface area contributed by atoms with Crippen LogP contribution < -0.4 is 10.4 Å². The van der Waals surface area contributed by atoms with Crippen molar-refractivity contribution in [1.82, 2.24) is 0 Å². The molecule has 3 heteroatoms. The molecule has 0 bridgehead atoms. The Hall–Kier alpha value is -0.985. The molecule has 64 valence electrons. The highest BCUT2D eigenvalue weighted by molar-refractivity contribution is 6.51. The third kappa shape index (κ3) is 1.78. The molecule has 0 heterocycles. The van der Waals surface area contributed by atoms with Gasteiger partial charge in [0, 0.05) is 14.1 Å². The van der Waals surface area contributed by atoms with E-state index in [1.807, 2.05) is 33.1 Å². The number of hydrogen-bond acceptors (Lipinski definition) is 1. The monoisotopic (exact) mass is 165 g/mol. The maximum absolute atomic E-state index is 13.2. The molecule has 0 spiro atoms. The van der Waals surface area contributed by atoms with Gasteiger partial charge < -0.3 is 4.90 Å². The second kappa shape index (κ2) is 3.61. The van der Waals surface area contributed by atoms with E-state index in [9.17, 15) is 4.39 Å². The van der Waals surface area contributed by atoms with Crippen molar-refractivity contribution in [1.29, 1.82) is 0 Å². The van der Waals surface area contributed by atoms with Crippen LogP contribution in [0.2, 0.25) is 6.82 Å². The minimum Gasteiger partial charge on any atom is -0.375 e. The van der Waals surface area contributed by atoms with Gasteiger partial charge in [0.05, 0.1) is 5.69 Å². The van der Waals surface area contributed by atoms with E-state index in [-0.39, 0.29) is 5.82 Å². The number of hydrogen-bond donors (Lipinski definition) is 0. The van der Waals surface area contributed by atoms with E-state index in [0.717, 1.165) is 12.7 Å². The molecular weight excluding hydrogens is 152 g/mol. The fraction of sp³-hybridized carbons (Fsp3) is 0.333. The number of nitrogens with zero attached hydrogens (tertiary/aromatic N) is 1. The Bertz CT molecular complexity index is 273. The first kappa shape index (κ1) is 9.11. The Balaban J connectivity index is 3.03. The Kier molecular flexibility index (Phi) is 2.74. The third-order valence-electron chi connectivity index (χ3n) is 1.90.